The lowest BCUT2D eigenvalue weighted by atomic mass is 10.0. The number of piperidine rings is 1. The summed E-state index contributed by atoms with van der Waals surface area (Å²) in [5.74, 6) is 0. The van der Waals surface area contributed by atoms with Crippen LogP contribution >= 0.6 is 0 Å². The SMILES string of the molecule is CC(C)(C)OC(=O)N1CCC(N/C=C(\C=N)c2cnc(C=N)c(N)c2)CC1. The molecule has 1 aromatic rings. The van der Waals surface area contributed by atoms with Gasteiger partial charge in [0.2, 0.25) is 0 Å². The summed E-state index contributed by atoms with van der Waals surface area (Å²) in [4.78, 5) is 18.0. The highest BCUT2D eigenvalue weighted by Crippen LogP contribution is 2.18. The predicted molar refractivity (Wildman–Crippen MR) is 107 cm³/mol. The number of amides is 1. The third kappa shape index (κ3) is 5.80. The molecule has 1 fully saturated rings. The van der Waals surface area contributed by atoms with Gasteiger partial charge in [0.05, 0.1) is 5.69 Å². The van der Waals surface area contributed by atoms with E-state index in [1.54, 1.807) is 23.4 Å². The van der Waals surface area contributed by atoms with Gasteiger partial charge in [0.15, 0.2) is 0 Å². The first-order chi connectivity index (χ1) is 12.7. The molecule has 0 radical (unpaired) electrons. The number of ether oxygens (including phenoxy) is 1. The Hall–Kier alpha value is -2.90. The quantitative estimate of drug-likeness (QED) is 0.591. The number of nitrogens with two attached hydrogens (primary N) is 1. The molecule has 1 aromatic heterocycles. The monoisotopic (exact) mass is 372 g/mol. The first-order valence-corrected chi connectivity index (χ1v) is 8.94. The smallest absolute Gasteiger partial charge is 0.410 e. The highest BCUT2D eigenvalue weighted by atomic mass is 16.6. The molecular formula is C19H28N6O2. The molecule has 1 amide bonds. The summed E-state index contributed by atoms with van der Waals surface area (Å²) in [6.07, 6.45) is 7.04. The standard InChI is InChI=1S/C19H28N6O2/c1-19(2,3)27-18(26)25-6-4-15(5-7-25)23-12-14(9-20)13-8-16(22)17(10-21)24-11-13/h8-12,15,20-21,23H,4-7,22H2,1-3H3/b14-12+,20-9?,21-10?. The Labute approximate surface area is 159 Å². The highest BCUT2D eigenvalue weighted by molar-refractivity contribution is 6.08. The predicted octanol–water partition coefficient (Wildman–Crippen LogP) is 2.64. The Morgan fingerprint density at radius 1 is 1.37 bits per heavy atom. The van der Waals surface area contributed by atoms with E-state index in [0.717, 1.165) is 19.1 Å². The number of rotatable bonds is 5. The number of nitrogens with zero attached hydrogens (tertiary/aromatic N) is 2. The van der Waals surface area contributed by atoms with Crippen LogP contribution in [0.25, 0.3) is 5.57 Å². The lowest BCUT2D eigenvalue weighted by Crippen LogP contribution is -2.45. The minimum atomic E-state index is -0.489. The zero-order chi connectivity index (χ0) is 20.0. The Kier molecular flexibility index (Phi) is 6.55. The van der Waals surface area contributed by atoms with Crippen LogP contribution in [0.2, 0.25) is 0 Å². The Bertz CT molecular complexity index is 730. The van der Waals surface area contributed by atoms with Crippen LogP contribution in [0.5, 0.6) is 0 Å². The number of anilines is 1. The number of hydrogen-bond acceptors (Lipinski definition) is 7. The van der Waals surface area contributed by atoms with Crippen LogP contribution in [0.4, 0.5) is 10.5 Å². The zero-order valence-electron chi connectivity index (χ0n) is 16.1. The molecule has 0 atom stereocenters. The van der Waals surface area contributed by atoms with Crippen molar-refractivity contribution >= 4 is 29.8 Å². The van der Waals surface area contributed by atoms with Gasteiger partial charge in [-0.3, -0.25) is 4.98 Å². The van der Waals surface area contributed by atoms with Crippen LogP contribution in [0.15, 0.2) is 18.5 Å². The van der Waals surface area contributed by atoms with Crippen molar-refractivity contribution in [1.82, 2.24) is 15.2 Å². The molecule has 0 aliphatic carbocycles. The van der Waals surface area contributed by atoms with Crippen molar-refractivity contribution < 1.29 is 9.53 Å². The van der Waals surface area contributed by atoms with Crippen LogP contribution in [0.3, 0.4) is 0 Å². The minimum absolute atomic E-state index is 0.213. The third-order valence-corrected chi connectivity index (χ3v) is 4.20. The van der Waals surface area contributed by atoms with E-state index in [-0.39, 0.29) is 12.1 Å². The fourth-order valence-corrected chi connectivity index (χ4v) is 2.74. The molecule has 0 saturated carbocycles. The molecule has 2 rings (SSSR count). The summed E-state index contributed by atoms with van der Waals surface area (Å²) in [5.41, 5.74) is 7.55. The van der Waals surface area contributed by atoms with Gasteiger partial charge in [-0.05, 0) is 39.7 Å². The van der Waals surface area contributed by atoms with Gasteiger partial charge in [0.25, 0.3) is 0 Å². The number of carbonyl (C=O) groups excluding carboxylic acids is 1. The second-order valence-electron chi connectivity index (χ2n) is 7.50. The summed E-state index contributed by atoms with van der Waals surface area (Å²) in [6.45, 7) is 6.84. The lowest BCUT2D eigenvalue weighted by molar-refractivity contribution is 0.0201. The summed E-state index contributed by atoms with van der Waals surface area (Å²) in [5, 5.41) is 18.2. The minimum Gasteiger partial charge on any atom is -0.444 e. The molecule has 0 spiro atoms. The average molecular weight is 372 g/mol. The maximum Gasteiger partial charge on any atom is 0.410 e. The number of hydrogen-bond donors (Lipinski definition) is 4. The van der Waals surface area contributed by atoms with Gasteiger partial charge < -0.3 is 31.5 Å². The van der Waals surface area contributed by atoms with E-state index in [0.29, 0.717) is 35.6 Å². The molecule has 0 aromatic carbocycles. The molecule has 1 aliphatic rings. The molecule has 5 N–H and O–H groups in total. The number of likely N-dealkylation sites (tertiary alicyclic amines) is 1. The van der Waals surface area contributed by atoms with Crippen LogP contribution in [0, 0.1) is 10.8 Å². The second-order valence-corrected chi connectivity index (χ2v) is 7.50. The Morgan fingerprint density at radius 3 is 2.56 bits per heavy atom. The van der Waals surface area contributed by atoms with Crippen LogP contribution in [-0.2, 0) is 4.74 Å². The number of nitrogens with one attached hydrogen (secondary N) is 3. The fraction of sp³-hybridized carbons (Fsp3) is 0.474. The number of allylic oxidation sites excluding steroid dienone is 1. The Morgan fingerprint density at radius 2 is 2.04 bits per heavy atom. The molecular weight excluding hydrogens is 344 g/mol. The van der Waals surface area contributed by atoms with Crippen molar-refractivity contribution in [3.8, 4) is 0 Å². The van der Waals surface area contributed by atoms with Gasteiger partial charge in [-0.1, -0.05) is 0 Å². The van der Waals surface area contributed by atoms with Gasteiger partial charge in [-0.25, -0.2) is 4.79 Å². The molecule has 1 saturated heterocycles. The largest absolute Gasteiger partial charge is 0.444 e. The first-order valence-electron chi connectivity index (χ1n) is 8.94. The van der Waals surface area contributed by atoms with E-state index in [1.165, 1.54) is 6.21 Å². The van der Waals surface area contributed by atoms with Gasteiger partial charge in [0.1, 0.15) is 11.3 Å². The summed E-state index contributed by atoms with van der Waals surface area (Å²) in [7, 11) is 0. The van der Waals surface area contributed by atoms with Crippen LogP contribution < -0.4 is 11.1 Å². The molecule has 27 heavy (non-hydrogen) atoms. The molecule has 8 heteroatoms. The third-order valence-electron chi connectivity index (χ3n) is 4.20. The fourth-order valence-electron chi connectivity index (χ4n) is 2.74. The van der Waals surface area contributed by atoms with Crippen molar-refractivity contribution in [1.29, 1.82) is 10.8 Å². The summed E-state index contributed by atoms with van der Waals surface area (Å²) >= 11 is 0. The zero-order valence-corrected chi connectivity index (χ0v) is 16.1. The summed E-state index contributed by atoms with van der Waals surface area (Å²) in [6, 6.07) is 1.92. The number of aromatic nitrogens is 1. The number of carbonyl (C=O) groups is 1. The van der Waals surface area contributed by atoms with Crippen LogP contribution in [0.1, 0.15) is 44.9 Å². The van der Waals surface area contributed by atoms with E-state index in [4.69, 9.17) is 21.3 Å². The van der Waals surface area contributed by atoms with Crippen molar-refractivity contribution in [3.63, 3.8) is 0 Å². The van der Waals surface area contributed by atoms with Gasteiger partial charge >= 0.3 is 6.09 Å². The molecule has 0 bridgehead atoms. The van der Waals surface area contributed by atoms with Crippen LogP contribution in [-0.4, -0.2) is 53.1 Å². The van der Waals surface area contributed by atoms with E-state index < -0.39 is 5.60 Å². The molecule has 0 unspecified atom stereocenters. The normalized spacial score (nSPS) is 16.0. The topological polar surface area (TPSA) is 128 Å². The average Bonchev–Trinajstić information content (AvgIpc) is 2.61. The van der Waals surface area contributed by atoms with E-state index >= 15 is 0 Å². The maximum atomic E-state index is 12.1. The summed E-state index contributed by atoms with van der Waals surface area (Å²) < 4.78 is 5.41. The first kappa shape index (κ1) is 20.4. The van der Waals surface area contributed by atoms with Gasteiger partial charge in [0, 0.05) is 55.1 Å². The van der Waals surface area contributed by atoms with Crippen molar-refractivity contribution in [3.05, 3.63) is 29.7 Å². The van der Waals surface area contributed by atoms with Crippen molar-refractivity contribution in [2.24, 2.45) is 0 Å². The molecule has 8 nitrogen and oxygen atoms in total. The van der Waals surface area contributed by atoms with Crippen molar-refractivity contribution in [2.45, 2.75) is 45.3 Å². The van der Waals surface area contributed by atoms with E-state index in [9.17, 15) is 4.79 Å². The molecule has 146 valence electrons. The van der Waals surface area contributed by atoms with E-state index in [1.807, 2.05) is 20.8 Å². The number of pyridine rings is 1. The lowest BCUT2D eigenvalue weighted by Gasteiger charge is -2.33. The van der Waals surface area contributed by atoms with Gasteiger partial charge in [-0.2, -0.15) is 0 Å². The molecule has 1 aliphatic heterocycles. The number of nitrogen functional groups attached to an aromatic ring is 1. The maximum absolute atomic E-state index is 12.1. The van der Waals surface area contributed by atoms with Crippen molar-refractivity contribution in [2.75, 3.05) is 18.8 Å². The molecule has 2 heterocycles. The second kappa shape index (κ2) is 8.66. The highest BCUT2D eigenvalue weighted by Gasteiger charge is 2.26. The van der Waals surface area contributed by atoms with Gasteiger partial charge in [-0.15, -0.1) is 0 Å². The van der Waals surface area contributed by atoms with E-state index in [2.05, 4.69) is 10.3 Å². The Balaban J connectivity index is 1.94.